The van der Waals surface area contributed by atoms with Crippen molar-refractivity contribution >= 4 is 21.7 Å². The molecule has 0 spiro atoms. The summed E-state index contributed by atoms with van der Waals surface area (Å²) in [5.41, 5.74) is 2.35. The second-order valence-electron chi connectivity index (χ2n) is 8.08. The number of para-hydroxylation sites is 1. The van der Waals surface area contributed by atoms with Gasteiger partial charge in [0.15, 0.2) is 0 Å². The molecule has 6 nitrogen and oxygen atoms in total. The Morgan fingerprint density at radius 3 is 2.17 bits per heavy atom. The number of halogens is 3. The number of aromatic carboxylic acids is 1. The van der Waals surface area contributed by atoms with Gasteiger partial charge in [-0.25, -0.2) is 13.2 Å². The van der Waals surface area contributed by atoms with E-state index in [1.807, 2.05) is 13.0 Å². The predicted molar refractivity (Wildman–Crippen MR) is 130 cm³/mol. The van der Waals surface area contributed by atoms with E-state index in [0.29, 0.717) is 24.9 Å². The second-order valence-corrected chi connectivity index (χ2v) is 9.94. The lowest BCUT2D eigenvalue weighted by Gasteiger charge is -2.27. The molecule has 3 rings (SSSR count). The maximum atomic E-state index is 13.6. The van der Waals surface area contributed by atoms with Crippen LogP contribution in [0.4, 0.5) is 18.9 Å². The topological polar surface area (TPSA) is 83.9 Å². The smallest absolute Gasteiger partial charge is 0.478 e. The molecule has 0 aliphatic heterocycles. The van der Waals surface area contributed by atoms with E-state index >= 15 is 0 Å². The van der Waals surface area contributed by atoms with E-state index < -0.39 is 28.1 Å². The van der Waals surface area contributed by atoms with Crippen molar-refractivity contribution in [3.8, 4) is 5.75 Å². The highest BCUT2D eigenvalue weighted by molar-refractivity contribution is 7.92. The summed E-state index contributed by atoms with van der Waals surface area (Å²) in [6.07, 6.45) is -2.50. The van der Waals surface area contributed by atoms with Gasteiger partial charge in [0, 0.05) is 6.54 Å². The van der Waals surface area contributed by atoms with Gasteiger partial charge in [0.05, 0.1) is 16.1 Å². The molecule has 0 atom stereocenters. The molecule has 0 heterocycles. The average Bonchev–Trinajstić information content (AvgIpc) is 2.83. The van der Waals surface area contributed by atoms with Crippen LogP contribution in [0, 0.1) is 0 Å². The first kappa shape index (κ1) is 27.1. The third-order valence-corrected chi connectivity index (χ3v) is 7.33. The van der Waals surface area contributed by atoms with Crippen LogP contribution in [0.1, 0.15) is 41.3 Å². The quantitative estimate of drug-likeness (QED) is 0.331. The summed E-state index contributed by atoms with van der Waals surface area (Å²) in [5, 5.41) is 9.07. The highest BCUT2D eigenvalue weighted by atomic mass is 32.2. The Morgan fingerprint density at radius 2 is 1.58 bits per heavy atom. The molecule has 0 saturated heterocycles. The van der Waals surface area contributed by atoms with Crippen molar-refractivity contribution < 1.29 is 36.2 Å². The average molecular weight is 522 g/mol. The number of ether oxygens (including phenoxy) is 1. The first-order valence-electron chi connectivity index (χ1n) is 11.3. The zero-order chi connectivity index (χ0) is 26.3. The van der Waals surface area contributed by atoms with E-state index in [4.69, 9.17) is 5.11 Å². The van der Waals surface area contributed by atoms with Gasteiger partial charge < -0.3 is 9.84 Å². The Balaban J connectivity index is 1.89. The van der Waals surface area contributed by atoms with Crippen molar-refractivity contribution in [2.24, 2.45) is 0 Å². The second kappa shape index (κ2) is 11.5. The molecule has 192 valence electrons. The SMILES string of the molecule is CCCCN(c1ccccc1CCc1ccc(C(=O)O)cc1)S(=O)(=O)c1ccc(OC(F)(F)F)cc1. The fourth-order valence-corrected chi connectivity index (χ4v) is 5.21. The monoisotopic (exact) mass is 521 g/mol. The highest BCUT2D eigenvalue weighted by Gasteiger charge is 2.32. The molecular formula is C26H26F3NO5S. The molecule has 0 bridgehead atoms. The van der Waals surface area contributed by atoms with Gasteiger partial charge in [-0.3, -0.25) is 4.31 Å². The number of carboxylic acid groups (broad SMARTS) is 1. The van der Waals surface area contributed by atoms with Crippen molar-refractivity contribution in [3.63, 3.8) is 0 Å². The van der Waals surface area contributed by atoms with Gasteiger partial charge in [-0.15, -0.1) is 13.2 Å². The summed E-state index contributed by atoms with van der Waals surface area (Å²) in [7, 11) is -4.08. The maximum Gasteiger partial charge on any atom is 0.573 e. The number of anilines is 1. The minimum absolute atomic E-state index is 0.146. The first-order chi connectivity index (χ1) is 17.0. The number of hydrogen-bond donors (Lipinski definition) is 1. The number of benzene rings is 3. The van der Waals surface area contributed by atoms with Gasteiger partial charge in [-0.05, 0) is 72.9 Å². The van der Waals surface area contributed by atoms with Gasteiger partial charge >= 0.3 is 12.3 Å². The Labute approximate surface area is 208 Å². The van der Waals surface area contributed by atoms with Crippen LogP contribution in [0.25, 0.3) is 0 Å². The largest absolute Gasteiger partial charge is 0.573 e. The lowest BCUT2D eigenvalue weighted by atomic mass is 10.0. The van der Waals surface area contributed by atoms with Crippen LogP contribution in [0.5, 0.6) is 5.75 Å². The zero-order valence-corrected chi connectivity index (χ0v) is 20.3. The highest BCUT2D eigenvalue weighted by Crippen LogP contribution is 2.30. The molecule has 3 aromatic rings. The number of unbranched alkanes of at least 4 members (excludes halogenated alkanes) is 1. The lowest BCUT2D eigenvalue weighted by Crippen LogP contribution is -2.33. The molecular weight excluding hydrogens is 495 g/mol. The molecule has 0 aromatic heterocycles. The summed E-state index contributed by atoms with van der Waals surface area (Å²) < 4.78 is 69.7. The normalized spacial score (nSPS) is 11.8. The molecule has 0 fully saturated rings. The van der Waals surface area contributed by atoms with Crippen molar-refractivity contribution in [1.29, 1.82) is 0 Å². The predicted octanol–water partition coefficient (Wildman–Crippen LogP) is 6.06. The Hall–Kier alpha value is -3.53. The van der Waals surface area contributed by atoms with E-state index in [9.17, 15) is 26.4 Å². The Bertz CT molecular complexity index is 1270. The van der Waals surface area contributed by atoms with Crippen molar-refractivity contribution in [2.45, 2.75) is 43.9 Å². The van der Waals surface area contributed by atoms with Crippen LogP contribution in [0.3, 0.4) is 0 Å². The number of carbonyl (C=O) groups is 1. The lowest BCUT2D eigenvalue weighted by molar-refractivity contribution is -0.274. The fourth-order valence-electron chi connectivity index (χ4n) is 3.67. The molecule has 36 heavy (non-hydrogen) atoms. The van der Waals surface area contributed by atoms with E-state index in [-0.39, 0.29) is 17.0 Å². The summed E-state index contributed by atoms with van der Waals surface area (Å²) in [4.78, 5) is 10.9. The van der Waals surface area contributed by atoms with Crippen LogP contribution in [-0.4, -0.2) is 32.4 Å². The van der Waals surface area contributed by atoms with E-state index in [1.165, 1.54) is 16.4 Å². The van der Waals surface area contributed by atoms with Crippen LogP contribution < -0.4 is 9.04 Å². The molecule has 0 aliphatic rings. The van der Waals surface area contributed by atoms with Crippen LogP contribution in [0.2, 0.25) is 0 Å². The standard InChI is InChI=1S/C26H26F3NO5S/c1-2-3-18-30(36(33,34)23-16-14-22(15-17-23)35-26(27,28)29)24-7-5-4-6-20(24)11-8-19-9-12-21(13-10-19)25(31)32/h4-7,9-10,12-17H,2-3,8,11,18H2,1H3,(H,31,32). The minimum Gasteiger partial charge on any atom is -0.478 e. The summed E-state index contributed by atoms with van der Waals surface area (Å²) >= 11 is 0. The van der Waals surface area contributed by atoms with E-state index in [0.717, 1.165) is 41.8 Å². The number of aryl methyl sites for hydroxylation is 2. The van der Waals surface area contributed by atoms with Gasteiger partial charge in [0.25, 0.3) is 10.0 Å². The summed E-state index contributed by atoms with van der Waals surface area (Å²) in [6, 6.07) is 17.7. The van der Waals surface area contributed by atoms with Crippen molar-refractivity contribution in [1.82, 2.24) is 0 Å². The number of carboxylic acids is 1. The Morgan fingerprint density at radius 1 is 0.944 bits per heavy atom. The maximum absolute atomic E-state index is 13.6. The van der Waals surface area contributed by atoms with Crippen molar-refractivity contribution in [2.75, 3.05) is 10.8 Å². The zero-order valence-electron chi connectivity index (χ0n) is 19.5. The molecule has 0 aliphatic carbocycles. The van der Waals surface area contributed by atoms with Crippen LogP contribution >= 0.6 is 0 Å². The molecule has 10 heteroatoms. The molecule has 0 saturated carbocycles. The van der Waals surface area contributed by atoms with Gasteiger partial charge in [-0.2, -0.15) is 0 Å². The molecule has 3 aromatic carbocycles. The molecule has 0 unspecified atom stereocenters. The third-order valence-electron chi connectivity index (χ3n) is 5.50. The number of nitrogens with zero attached hydrogens (tertiary/aromatic N) is 1. The van der Waals surface area contributed by atoms with Gasteiger partial charge in [0.2, 0.25) is 0 Å². The van der Waals surface area contributed by atoms with E-state index in [1.54, 1.807) is 30.3 Å². The third kappa shape index (κ3) is 7.00. The van der Waals surface area contributed by atoms with E-state index in [2.05, 4.69) is 4.74 Å². The summed E-state index contributed by atoms with van der Waals surface area (Å²) in [6.45, 7) is 2.13. The van der Waals surface area contributed by atoms with Crippen molar-refractivity contribution in [3.05, 3.63) is 89.5 Å². The number of hydrogen-bond acceptors (Lipinski definition) is 4. The fraction of sp³-hybridized carbons (Fsp3) is 0.269. The summed E-state index contributed by atoms with van der Waals surface area (Å²) in [5.74, 6) is -1.52. The minimum atomic E-state index is -4.87. The molecule has 0 amide bonds. The number of sulfonamides is 1. The molecule has 1 N–H and O–H groups in total. The van der Waals surface area contributed by atoms with Gasteiger partial charge in [0.1, 0.15) is 5.75 Å². The van der Waals surface area contributed by atoms with Gasteiger partial charge in [-0.1, -0.05) is 43.7 Å². The van der Waals surface area contributed by atoms with Crippen LogP contribution in [-0.2, 0) is 22.9 Å². The Kier molecular flexibility index (Phi) is 8.62. The molecule has 0 radical (unpaired) electrons. The van der Waals surface area contributed by atoms with Crippen LogP contribution in [0.15, 0.2) is 77.7 Å². The number of rotatable bonds is 11. The first-order valence-corrected chi connectivity index (χ1v) is 12.7. The number of alkyl halides is 3.